The molecule has 1 aromatic carbocycles. The Hall–Kier alpha value is -2.45. The molecule has 1 aliphatic heterocycles. The minimum atomic E-state index is -1.36. The van der Waals surface area contributed by atoms with E-state index in [4.69, 9.17) is 0 Å². The molecule has 1 saturated heterocycles. The molecule has 0 aliphatic carbocycles. The van der Waals surface area contributed by atoms with Crippen molar-refractivity contribution in [3.63, 3.8) is 0 Å². The Kier molecular flexibility index (Phi) is 5.12. The van der Waals surface area contributed by atoms with E-state index in [-0.39, 0.29) is 26.2 Å². The van der Waals surface area contributed by atoms with E-state index in [1.165, 1.54) is 0 Å². The maximum atomic E-state index is 12.2. The summed E-state index contributed by atoms with van der Waals surface area (Å²) in [6.45, 7) is 4.88. The van der Waals surface area contributed by atoms with Crippen LogP contribution < -0.4 is 0 Å². The van der Waals surface area contributed by atoms with E-state index >= 15 is 0 Å². The minimum Gasteiger partial charge on any atom is -0.477 e. The highest BCUT2D eigenvalue weighted by Crippen LogP contribution is 2.35. The number of quaternary nitrogens is 2. The standard InChI is InChI=1S/C18H24N2O6/c1-18(2,3)20(17(25)26)10-9-19(16(23)24,14(12-20)15(21)22)11-13-7-5-4-6-8-13/h4-8,14H,9-12H2,1-3H3,(H-2,21,22,23,24,25,26)/p+2/t14-,19?,20?/m0/s1. The monoisotopic (exact) mass is 366 g/mol. The first-order valence-electron chi connectivity index (χ1n) is 8.44. The smallest absolute Gasteiger partial charge is 0.477 e. The van der Waals surface area contributed by atoms with E-state index in [0.29, 0.717) is 5.56 Å². The van der Waals surface area contributed by atoms with Gasteiger partial charge in [0.1, 0.15) is 25.2 Å². The van der Waals surface area contributed by atoms with Crippen LogP contribution in [0, 0.1) is 0 Å². The maximum Gasteiger partial charge on any atom is 0.514 e. The van der Waals surface area contributed by atoms with Gasteiger partial charge in [-0.3, -0.25) is 0 Å². The van der Waals surface area contributed by atoms with E-state index in [1.54, 1.807) is 51.1 Å². The molecular weight excluding hydrogens is 340 g/mol. The van der Waals surface area contributed by atoms with E-state index < -0.39 is 38.7 Å². The summed E-state index contributed by atoms with van der Waals surface area (Å²) in [5.41, 5.74) is -0.0619. The van der Waals surface area contributed by atoms with Crippen molar-refractivity contribution in [1.82, 2.24) is 0 Å². The van der Waals surface area contributed by atoms with Crippen molar-refractivity contribution in [1.29, 1.82) is 0 Å². The van der Waals surface area contributed by atoms with Crippen molar-refractivity contribution in [2.24, 2.45) is 0 Å². The predicted octanol–water partition coefficient (Wildman–Crippen LogP) is 2.44. The van der Waals surface area contributed by atoms with E-state index in [1.807, 2.05) is 0 Å². The van der Waals surface area contributed by atoms with Gasteiger partial charge >= 0.3 is 18.2 Å². The molecule has 8 heteroatoms. The molecule has 142 valence electrons. The van der Waals surface area contributed by atoms with Crippen molar-refractivity contribution in [3.8, 4) is 0 Å². The molecule has 0 spiro atoms. The molecule has 1 aliphatic rings. The summed E-state index contributed by atoms with van der Waals surface area (Å²) < 4.78 is -1.19. The highest BCUT2D eigenvalue weighted by atomic mass is 16.4. The summed E-state index contributed by atoms with van der Waals surface area (Å²) >= 11 is 0. The van der Waals surface area contributed by atoms with Crippen LogP contribution in [0.3, 0.4) is 0 Å². The molecule has 0 saturated carbocycles. The molecule has 1 fully saturated rings. The minimum absolute atomic E-state index is 0.00307. The fourth-order valence-corrected chi connectivity index (χ4v) is 3.80. The van der Waals surface area contributed by atoms with E-state index in [9.17, 15) is 29.7 Å². The third-order valence-corrected chi connectivity index (χ3v) is 5.59. The van der Waals surface area contributed by atoms with Crippen LogP contribution in [0.4, 0.5) is 9.59 Å². The molecule has 1 heterocycles. The summed E-state index contributed by atoms with van der Waals surface area (Å²) in [6.07, 6.45) is -2.38. The highest BCUT2D eigenvalue weighted by molar-refractivity contribution is 5.75. The lowest BCUT2D eigenvalue weighted by molar-refractivity contribution is -1.00. The zero-order chi connectivity index (χ0) is 19.8. The Morgan fingerprint density at radius 2 is 1.58 bits per heavy atom. The topological polar surface area (TPSA) is 112 Å². The number of rotatable bonds is 3. The summed E-state index contributed by atoms with van der Waals surface area (Å²) in [5, 5.41) is 29.6. The van der Waals surface area contributed by atoms with Crippen molar-refractivity contribution in [2.45, 2.75) is 38.9 Å². The van der Waals surface area contributed by atoms with Gasteiger partial charge in [0, 0.05) is 5.56 Å². The molecule has 26 heavy (non-hydrogen) atoms. The number of carboxylic acids is 1. The molecule has 2 rings (SSSR count). The quantitative estimate of drug-likeness (QED) is 0.709. The van der Waals surface area contributed by atoms with Crippen LogP contribution in [0.25, 0.3) is 0 Å². The fraction of sp³-hybridized carbons (Fsp3) is 0.500. The van der Waals surface area contributed by atoms with Gasteiger partial charge in [0.15, 0.2) is 6.54 Å². The normalized spacial score (nSPS) is 29.1. The first-order chi connectivity index (χ1) is 12.0. The zero-order valence-electron chi connectivity index (χ0n) is 15.3. The molecule has 0 radical (unpaired) electrons. The molecule has 2 amide bonds. The average Bonchev–Trinajstić information content (AvgIpc) is 2.54. The number of hydrogen-bond donors (Lipinski definition) is 3. The van der Waals surface area contributed by atoms with Crippen LogP contribution >= 0.6 is 0 Å². The fourth-order valence-electron chi connectivity index (χ4n) is 3.80. The zero-order valence-corrected chi connectivity index (χ0v) is 15.3. The second-order valence-electron chi connectivity index (χ2n) is 7.87. The lowest BCUT2D eigenvalue weighted by Crippen LogP contribution is -2.79. The van der Waals surface area contributed by atoms with Gasteiger partial charge in [0.25, 0.3) is 0 Å². The lowest BCUT2D eigenvalue weighted by Gasteiger charge is -2.51. The van der Waals surface area contributed by atoms with Gasteiger partial charge in [-0.2, -0.15) is 14.1 Å². The second kappa shape index (κ2) is 6.69. The van der Waals surface area contributed by atoms with Crippen molar-refractivity contribution in [3.05, 3.63) is 35.9 Å². The van der Waals surface area contributed by atoms with Crippen molar-refractivity contribution >= 4 is 18.2 Å². The maximum absolute atomic E-state index is 12.2. The Balaban J connectivity index is 2.53. The average molecular weight is 366 g/mol. The molecular formula is C18H26N2O6+2. The summed E-state index contributed by atoms with van der Waals surface area (Å²) in [4.78, 5) is 36.3. The summed E-state index contributed by atoms with van der Waals surface area (Å²) in [7, 11) is 0. The third kappa shape index (κ3) is 3.17. The van der Waals surface area contributed by atoms with Crippen LogP contribution in [-0.2, 0) is 11.3 Å². The van der Waals surface area contributed by atoms with Crippen LogP contribution in [0.5, 0.6) is 0 Å². The number of aliphatic carboxylic acids is 1. The number of carboxylic acid groups (broad SMARTS) is 3. The molecule has 1 aromatic rings. The number of hydrogen-bond acceptors (Lipinski definition) is 3. The number of piperazine rings is 1. The van der Waals surface area contributed by atoms with E-state index in [2.05, 4.69) is 0 Å². The SMILES string of the molecule is CC(C)(C)[N+]1(C(=O)O)CC[N+](Cc2ccccc2)(C(=O)O)[C@H](C(=O)O)C1. The van der Waals surface area contributed by atoms with Crippen molar-refractivity contribution < 1.29 is 38.7 Å². The van der Waals surface area contributed by atoms with E-state index in [0.717, 1.165) is 0 Å². The molecule has 3 N–H and O–H groups in total. The van der Waals surface area contributed by atoms with Crippen LogP contribution in [0.15, 0.2) is 30.3 Å². The largest absolute Gasteiger partial charge is 0.514 e. The first kappa shape index (κ1) is 19.9. The Morgan fingerprint density at radius 1 is 1.00 bits per heavy atom. The first-order valence-corrected chi connectivity index (χ1v) is 8.44. The molecule has 8 nitrogen and oxygen atoms in total. The predicted molar refractivity (Wildman–Crippen MR) is 92.5 cm³/mol. The molecule has 2 unspecified atom stereocenters. The van der Waals surface area contributed by atoms with Gasteiger partial charge in [-0.15, -0.1) is 0 Å². The molecule has 0 bridgehead atoms. The van der Waals surface area contributed by atoms with Gasteiger partial charge in [-0.25, -0.2) is 9.28 Å². The Labute approximate surface area is 152 Å². The second-order valence-corrected chi connectivity index (χ2v) is 7.87. The highest BCUT2D eigenvalue weighted by Gasteiger charge is 2.63. The van der Waals surface area contributed by atoms with Gasteiger partial charge < -0.3 is 15.3 Å². The number of amides is 2. The third-order valence-electron chi connectivity index (χ3n) is 5.59. The molecule has 0 aromatic heterocycles. The number of carbonyl (C=O) groups is 3. The summed E-state index contributed by atoms with van der Waals surface area (Å²) in [6, 6.07) is 7.46. The van der Waals surface area contributed by atoms with Crippen LogP contribution in [-0.4, -0.2) is 73.7 Å². The number of nitrogens with zero attached hydrogens (tertiary/aromatic N) is 2. The lowest BCUT2D eigenvalue weighted by atomic mass is 9.95. The van der Waals surface area contributed by atoms with Crippen LogP contribution in [0.2, 0.25) is 0 Å². The van der Waals surface area contributed by atoms with Gasteiger partial charge in [0.2, 0.25) is 6.04 Å². The van der Waals surface area contributed by atoms with Gasteiger partial charge in [-0.05, 0) is 20.8 Å². The Morgan fingerprint density at radius 3 is 2.00 bits per heavy atom. The number of benzene rings is 1. The van der Waals surface area contributed by atoms with Gasteiger partial charge in [0.05, 0.1) is 0 Å². The van der Waals surface area contributed by atoms with Gasteiger partial charge in [-0.1, -0.05) is 30.3 Å². The van der Waals surface area contributed by atoms with Crippen LogP contribution in [0.1, 0.15) is 26.3 Å². The Bertz CT molecular complexity index is 714. The molecule has 3 atom stereocenters. The van der Waals surface area contributed by atoms with Crippen molar-refractivity contribution in [2.75, 3.05) is 19.6 Å². The summed E-state index contributed by atoms with van der Waals surface area (Å²) in [5.74, 6) is -1.30.